The highest BCUT2D eigenvalue weighted by molar-refractivity contribution is 7.93. The normalized spacial score (nSPS) is 22.2. The molecule has 116 valence electrons. The molecule has 0 aliphatic carbocycles. The summed E-state index contributed by atoms with van der Waals surface area (Å²) in [7, 11) is -2.59. The summed E-state index contributed by atoms with van der Waals surface area (Å²) in [4.78, 5) is 9.17. The summed E-state index contributed by atoms with van der Waals surface area (Å²) in [5, 5.41) is 3.32. The first kappa shape index (κ1) is 15.7. The summed E-state index contributed by atoms with van der Waals surface area (Å²) in [5.41, 5.74) is 7.38. The number of aryl methyl sites for hydroxylation is 1. The Morgan fingerprint density at radius 3 is 2.95 bits per heavy atom. The highest BCUT2D eigenvalue weighted by Crippen LogP contribution is 2.22. The molecular weight excluding hydrogens is 292 g/mol. The molecule has 8 heteroatoms. The number of ether oxygens (including phenoxy) is 1. The van der Waals surface area contributed by atoms with Gasteiger partial charge in [-0.25, -0.2) is 4.21 Å². The maximum Gasteiger partial charge on any atom is 0.265 e. The lowest BCUT2D eigenvalue weighted by Crippen LogP contribution is -2.16. The van der Waals surface area contributed by atoms with E-state index >= 15 is 0 Å². The van der Waals surface area contributed by atoms with E-state index < -0.39 is 9.73 Å². The molecule has 1 fully saturated rings. The van der Waals surface area contributed by atoms with Crippen LogP contribution in [0.2, 0.25) is 0 Å². The third-order valence-electron chi connectivity index (χ3n) is 3.16. The van der Waals surface area contributed by atoms with Crippen LogP contribution >= 0.6 is 0 Å². The number of rotatable bonds is 5. The average Bonchev–Trinajstić information content (AvgIpc) is 3.22. The molecular formula is C13H20N4O3S. The Morgan fingerprint density at radius 1 is 1.67 bits per heavy atom. The third kappa shape index (κ3) is 4.68. The van der Waals surface area contributed by atoms with Crippen molar-refractivity contribution in [3.8, 4) is 0 Å². The minimum Gasteiger partial charge on any atom is -0.390 e. The number of hydrogen-bond donors (Lipinski definition) is 1. The summed E-state index contributed by atoms with van der Waals surface area (Å²) in [6.07, 6.45) is 3.33. The molecule has 0 amide bonds. The van der Waals surface area contributed by atoms with E-state index in [0.29, 0.717) is 13.2 Å². The molecule has 3 atom stereocenters. The summed E-state index contributed by atoms with van der Waals surface area (Å²) in [6.45, 7) is 4.73. The molecule has 0 aromatic carbocycles. The third-order valence-corrected chi connectivity index (χ3v) is 5.29. The van der Waals surface area contributed by atoms with Crippen LogP contribution in [0.15, 0.2) is 27.8 Å². The molecule has 21 heavy (non-hydrogen) atoms. The average molecular weight is 312 g/mol. The first-order chi connectivity index (χ1) is 9.88. The van der Waals surface area contributed by atoms with Crippen molar-refractivity contribution >= 4 is 15.7 Å². The van der Waals surface area contributed by atoms with Gasteiger partial charge in [0.05, 0.1) is 21.6 Å². The molecule has 2 heterocycles. The van der Waals surface area contributed by atoms with Crippen molar-refractivity contribution in [1.82, 2.24) is 4.98 Å². The van der Waals surface area contributed by atoms with E-state index in [2.05, 4.69) is 14.5 Å². The van der Waals surface area contributed by atoms with E-state index in [0.717, 1.165) is 11.3 Å². The zero-order valence-corrected chi connectivity index (χ0v) is 13.2. The summed E-state index contributed by atoms with van der Waals surface area (Å²) in [5.74, 6) is -0.130. The van der Waals surface area contributed by atoms with Crippen molar-refractivity contribution in [3.05, 3.63) is 29.6 Å². The first-order valence-corrected chi connectivity index (χ1v) is 8.57. The van der Waals surface area contributed by atoms with E-state index in [9.17, 15) is 4.21 Å². The van der Waals surface area contributed by atoms with Gasteiger partial charge in [0, 0.05) is 18.1 Å². The highest BCUT2D eigenvalue weighted by Gasteiger charge is 2.23. The van der Waals surface area contributed by atoms with E-state index in [1.54, 1.807) is 12.5 Å². The van der Waals surface area contributed by atoms with Crippen LogP contribution in [-0.2, 0) is 19.3 Å². The fraction of sp³-hybridized carbons (Fsp3) is 0.538. The standard InChI is InChI=1S/C13H20N4O3S/c1-9-4-5-11(6-15-9)10(2)21(3,18)17-13(14)16-20-8-12-7-19-12/h4-6,10,12H,7-8H2,1-3H3,(H2,14,16). The quantitative estimate of drug-likeness (QED) is 0.381. The van der Waals surface area contributed by atoms with E-state index in [4.69, 9.17) is 15.3 Å². The fourth-order valence-corrected chi connectivity index (χ4v) is 2.81. The van der Waals surface area contributed by atoms with Gasteiger partial charge in [-0.2, -0.15) is 4.36 Å². The van der Waals surface area contributed by atoms with E-state index in [1.165, 1.54) is 0 Å². The summed E-state index contributed by atoms with van der Waals surface area (Å²) < 4.78 is 21.6. The molecule has 1 aromatic heterocycles. The van der Waals surface area contributed by atoms with Crippen LogP contribution in [0.25, 0.3) is 0 Å². The number of pyridine rings is 1. The Morgan fingerprint density at radius 2 is 2.38 bits per heavy atom. The zero-order valence-electron chi connectivity index (χ0n) is 12.4. The van der Waals surface area contributed by atoms with Gasteiger partial charge >= 0.3 is 0 Å². The number of nitrogens with two attached hydrogens (primary N) is 1. The van der Waals surface area contributed by atoms with Crippen molar-refractivity contribution in [3.63, 3.8) is 0 Å². The number of guanidine groups is 1. The van der Waals surface area contributed by atoms with Gasteiger partial charge in [-0.15, -0.1) is 0 Å². The van der Waals surface area contributed by atoms with Crippen molar-refractivity contribution in [2.24, 2.45) is 15.3 Å². The van der Waals surface area contributed by atoms with Crippen molar-refractivity contribution in [1.29, 1.82) is 0 Å². The van der Waals surface area contributed by atoms with Crippen molar-refractivity contribution in [2.45, 2.75) is 25.2 Å². The SMILES string of the molecule is Cc1ccc(C(C)S(C)(=O)=N/C(N)=N/OCC2CO2)cn1. The van der Waals surface area contributed by atoms with Gasteiger partial charge in [0.1, 0.15) is 12.7 Å². The van der Waals surface area contributed by atoms with Crippen LogP contribution < -0.4 is 5.73 Å². The van der Waals surface area contributed by atoms with Gasteiger partial charge in [0.25, 0.3) is 5.96 Å². The molecule has 1 aromatic rings. The second-order valence-corrected chi connectivity index (χ2v) is 7.64. The molecule has 1 aliphatic heterocycles. The van der Waals surface area contributed by atoms with Crippen LogP contribution in [-0.4, -0.2) is 40.7 Å². The van der Waals surface area contributed by atoms with Crippen LogP contribution in [0.3, 0.4) is 0 Å². The molecule has 2 rings (SSSR count). The molecule has 0 bridgehead atoms. The molecule has 2 N–H and O–H groups in total. The Balaban J connectivity index is 2.08. The number of epoxide rings is 1. The predicted octanol–water partition coefficient (Wildman–Crippen LogP) is 1.19. The maximum absolute atomic E-state index is 12.7. The van der Waals surface area contributed by atoms with Crippen LogP contribution in [0.4, 0.5) is 0 Å². The Kier molecular flexibility index (Phi) is 4.79. The Labute approximate surface area is 124 Å². The topological polar surface area (TPSA) is 102 Å². The first-order valence-electron chi connectivity index (χ1n) is 6.59. The van der Waals surface area contributed by atoms with Crippen molar-refractivity contribution in [2.75, 3.05) is 19.5 Å². The molecule has 1 saturated heterocycles. The van der Waals surface area contributed by atoms with Gasteiger partial charge in [-0.05, 0) is 30.6 Å². The van der Waals surface area contributed by atoms with E-state index in [-0.39, 0.29) is 17.3 Å². The lowest BCUT2D eigenvalue weighted by molar-refractivity contribution is 0.124. The lowest BCUT2D eigenvalue weighted by atomic mass is 10.2. The van der Waals surface area contributed by atoms with Gasteiger partial charge in [0.15, 0.2) is 0 Å². The van der Waals surface area contributed by atoms with Gasteiger partial charge < -0.3 is 15.3 Å². The number of aromatic nitrogens is 1. The smallest absolute Gasteiger partial charge is 0.265 e. The number of oxime groups is 1. The predicted molar refractivity (Wildman–Crippen MR) is 81.2 cm³/mol. The zero-order chi connectivity index (χ0) is 15.5. The van der Waals surface area contributed by atoms with E-state index in [1.807, 2.05) is 26.0 Å². The molecule has 7 nitrogen and oxygen atoms in total. The van der Waals surface area contributed by atoms with Gasteiger partial charge in [-0.3, -0.25) is 4.98 Å². The second kappa shape index (κ2) is 6.40. The van der Waals surface area contributed by atoms with Crippen molar-refractivity contribution < 1.29 is 13.8 Å². The van der Waals surface area contributed by atoms with Crippen LogP contribution in [0, 0.1) is 6.92 Å². The number of hydrogen-bond acceptors (Lipinski definition) is 5. The summed E-state index contributed by atoms with van der Waals surface area (Å²) in [6, 6.07) is 3.76. The molecule has 1 aliphatic rings. The fourth-order valence-electron chi connectivity index (χ4n) is 1.60. The maximum atomic E-state index is 12.7. The Hall–Kier alpha value is -1.67. The number of nitrogens with zero attached hydrogens (tertiary/aromatic N) is 3. The molecule has 0 radical (unpaired) electrons. The molecule has 3 unspecified atom stereocenters. The Bertz CT molecular complexity index is 631. The lowest BCUT2D eigenvalue weighted by Gasteiger charge is -2.13. The summed E-state index contributed by atoms with van der Waals surface area (Å²) >= 11 is 0. The van der Waals surface area contributed by atoms with Gasteiger partial charge in [0.2, 0.25) is 0 Å². The minimum atomic E-state index is -2.59. The monoisotopic (exact) mass is 312 g/mol. The van der Waals surface area contributed by atoms with Gasteiger partial charge in [-0.1, -0.05) is 6.07 Å². The molecule has 0 saturated carbocycles. The van der Waals surface area contributed by atoms with Crippen LogP contribution in [0.1, 0.15) is 23.4 Å². The molecule has 0 spiro atoms. The highest BCUT2D eigenvalue weighted by atomic mass is 32.2. The largest absolute Gasteiger partial charge is 0.390 e. The van der Waals surface area contributed by atoms with Crippen LogP contribution in [0.5, 0.6) is 0 Å². The minimum absolute atomic E-state index is 0.0880. The second-order valence-electron chi connectivity index (χ2n) is 5.03.